The molecule has 3 heterocycles. The third-order valence-corrected chi connectivity index (χ3v) is 5.62. The van der Waals surface area contributed by atoms with E-state index < -0.39 is 31.1 Å². The summed E-state index contributed by atoms with van der Waals surface area (Å²) in [6.45, 7) is 2.37. The zero-order valence-corrected chi connectivity index (χ0v) is 15.3. The number of nitrogen functional groups attached to an aromatic ring is 1. The van der Waals surface area contributed by atoms with Crippen LogP contribution in [0.1, 0.15) is 38.8 Å². The Labute approximate surface area is 156 Å². The highest BCUT2D eigenvalue weighted by Crippen LogP contribution is 2.38. The molecule has 2 fully saturated rings. The molecule has 2 aliphatic rings. The first kappa shape index (κ1) is 18.4. The summed E-state index contributed by atoms with van der Waals surface area (Å²) in [6, 6.07) is 0.330. The first-order valence-corrected chi connectivity index (χ1v) is 9.44. The van der Waals surface area contributed by atoms with Crippen LogP contribution in [0.4, 0.5) is 11.8 Å². The molecule has 0 bridgehead atoms. The number of rotatable bonds is 5. The lowest BCUT2D eigenvalue weighted by Crippen LogP contribution is -2.37. The van der Waals surface area contributed by atoms with E-state index in [1.54, 1.807) is 4.57 Å². The molecule has 4 atom stereocenters. The molecule has 2 aromatic rings. The Kier molecular flexibility index (Phi) is 4.89. The zero-order chi connectivity index (χ0) is 19.1. The number of anilines is 2. The molecule has 2 aromatic heterocycles. The van der Waals surface area contributed by atoms with Gasteiger partial charge in [0, 0.05) is 12.6 Å². The molecule has 1 saturated heterocycles. The van der Waals surface area contributed by atoms with Crippen molar-refractivity contribution in [2.24, 2.45) is 0 Å². The lowest BCUT2D eigenvalue weighted by molar-refractivity contribution is -0.0505. The van der Waals surface area contributed by atoms with Crippen LogP contribution in [0.25, 0.3) is 11.2 Å². The third kappa shape index (κ3) is 2.92. The fourth-order valence-electron chi connectivity index (χ4n) is 4.22. The number of hydrogen-bond acceptors (Lipinski definition) is 9. The zero-order valence-electron chi connectivity index (χ0n) is 15.3. The van der Waals surface area contributed by atoms with Gasteiger partial charge in [-0.3, -0.25) is 4.57 Å². The van der Waals surface area contributed by atoms with Gasteiger partial charge in [-0.2, -0.15) is 0 Å². The van der Waals surface area contributed by atoms with Gasteiger partial charge in [0.15, 0.2) is 23.2 Å². The second kappa shape index (κ2) is 7.19. The summed E-state index contributed by atoms with van der Waals surface area (Å²) in [5.74, 6) is 0.829. The number of aliphatic hydroxyl groups excluding tert-OH is 3. The van der Waals surface area contributed by atoms with E-state index in [0.29, 0.717) is 23.2 Å². The van der Waals surface area contributed by atoms with Gasteiger partial charge in [-0.1, -0.05) is 12.8 Å². The summed E-state index contributed by atoms with van der Waals surface area (Å²) in [5, 5.41) is 30.2. The van der Waals surface area contributed by atoms with Crippen LogP contribution in [0, 0.1) is 0 Å². The van der Waals surface area contributed by atoms with Crippen LogP contribution in [-0.4, -0.2) is 72.3 Å². The standard InChI is InChI=1S/C17H26N6O4/c1-2-22(9-5-3-4-6-9)17-21-11-14(18)19-8-20-15(11)23(17)16-13(26)12(25)10(7-24)27-16/h8-10,12-13,16,24-26H,2-7H2,1H3,(H2,18,19,20)/t10-,12-,13-,16-/m1/s1. The number of hydrogen-bond donors (Lipinski definition) is 4. The molecule has 0 unspecified atom stereocenters. The molecule has 4 rings (SSSR count). The average Bonchev–Trinajstić information content (AvgIpc) is 3.37. The SMILES string of the molecule is CCN(c1nc2c(N)ncnc2n1[C@@H]1O[C@H](CO)[C@@H](O)[C@H]1O)C1CCCC1. The molecular formula is C17H26N6O4. The number of imidazole rings is 1. The van der Waals surface area contributed by atoms with E-state index in [1.807, 2.05) is 6.92 Å². The second-order valence-electron chi connectivity index (χ2n) is 7.17. The molecule has 27 heavy (non-hydrogen) atoms. The second-order valence-corrected chi connectivity index (χ2v) is 7.17. The van der Waals surface area contributed by atoms with Crippen molar-refractivity contribution in [3.05, 3.63) is 6.33 Å². The van der Waals surface area contributed by atoms with Crippen molar-refractivity contribution in [2.45, 2.75) is 63.2 Å². The number of ether oxygens (including phenoxy) is 1. The molecule has 148 valence electrons. The number of aliphatic hydroxyl groups is 3. The summed E-state index contributed by atoms with van der Waals surface area (Å²) >= 11 is 0. The van der Waals surface area contributed by atoms with Gasteiger partial charge in [0.05, 0.1) is 6.61 Å². The molecule has 0 aromatic carbocycles. The van der Waals surface area contributed by atoms with Crippen LogP contribution >= 0.6 is 0 Å². The first-order valence-electron chi connectivity index (χ1n) is 9.44. The average molecular weight is 378 g/mol. The van der Waals surface area contributed by atoms with E-state index in [0.717, 1.165) is 32.2 Å². The number of nitrogens with zero attached hydrogens (tertiary/aromatic N) is 5. The topological polar surface area (TPSA) is 143 Å². The predicted octanol–water partition coefficient (Wildman–Crippen LogP) is -0.211. The van der Waals surface area contributed by atoms with Gasteiger partial charge in [0.2, 0.25) is 5.95 Å². The van der Waals surface area contributed by atoms with E-state index in [2.05, 4.69) is 19.9 Å². The maximum atomic E-state index is 10.6. The molecule has 10 heteroatoms. The lowest BCUT2D eigenvalue weighted by Gasteiger charge is -2.31. The summed E-state index contributed by atoms with van der Waals surface area (Å²) in [7, 11) is 0. The minimum atomic E-state index is -1.23. The maximum absolute atomic E-state index is 10.6. The molecule has 0 amide bonds. The van der Waals surface area contributed by atoms with Gasteiger partial charge in [0.25, 0.3) is 0 Å². The molecule has 1 aliphatic heterocycles. The summed E-state index contributed by atoms with van der Waals surface area (Å²) in [4.78, 5) is 15.2. The molecule has 0 spiro atoms. The normalized spacial score (nSPS) is 29.0. The van der Waals surface area contributed by atoms with Crippen molar-refractivity contribution in [2.75, 3.05) is 23.8 Å². The minimum absolute atomic E-state index is 0.245. The van der Waals surface area contributed by atoms with Crippen LogP contribution in [0.15, 0.2) is 6.33 Å². The third-order valence-electron chi connectivity index (χ3n) is 5.62. The van der Waals surface area contributed by atoms with Crippen molar-refractivity contribution in [1.82, 2.24) is 19.5 Å². The van der Waals surface area contributed by atoms with E-state index >= 15 is 0 Å². The van der Waals surface area contributed by atoms with Crippen LogP contribution in [0.2, 0.25) is 0 Å². The Bertz CT molecular complexity index is 808. The van der Waals surface area contributed by atoms with Gasteiger partial charge >= 0.3 is 0 Å². The van der Waals surface area contributed by atoms with E-state index in [4.69, 9.17) is 10.5 Å². The number of aromatic nitrogens is 4. The minimum Gasteiger partial charge on any atom is -0.394 e. The first-order chi connectivity index (χ1) is 13.1. The summed E-state index contributed by atoms with van der Waals surface area (Å²) in [5.41, 5.74) is 6.88. The molecule has 1 aliphatic carbocycles. The largest absolute Gasteiger partial charge is 0.394 e. The van der Waals surface area contributed by atoms with Crippen LogP contribution < -0.4 is 10.6 Å². The predicted molar refractivity (Wildman–Crippen MR) is 98.0 cm³/mol. The number of fused-ring (bicyclic) bond motifs is 1. The monoisotopic (exact) mass is 378 g/mol. The Morgan fingerprint density at radius 2 is 2.00 bits per heavy atom. The van der Waals surface area contributed by atoms with Crippen molar-refractivity contribution in [3.63, 3.8) is 0 Å². The Morgan fingerprint density at radius 3 is 2.63 bits per heavy atom. The lowest BCUT2D eigenvalue weighted by atomic mass is 10.1. The summed E-state index contributed by atoms with van der Waals surface area (Å²) < 4.78 is 7.45. The van der Waals surface area contributed by atoms with Gasteiger partial charge in [0.1, 0.15) is 24.6 Å². The van der Waals surface area contributed by atoms with E-state index in [-0.39, 0.29) is 5.82 Å². The van der Waals surface area contributed by atoms with Gasteiger partial charge in [-0.15, -0.1) is 0 Å². The smallest absolute Gasteiger partial charge is 0.210 e. The van der Waals surface area contributed by atoms with Crippen LogP contribution in [0.3, 0.4) is 0 Å². The van der Waals surface area contributed by atoms with Gasteiger partial charge in [-0.05, 0) is 19.8 Å². The Balaban J connectivity index is 1.86. The van der Waals surface area contributed by atoms with Gasteiger partial charge < -0.3 is 30.7 Å². The fourth-order valence-corrected chi connectivity index (χ4v) is 4.22. The van der Waals surface area contributed by atoms with E-state index in [1.165, 1.54) is 6.33 Å². The van der Waals surface area contributed by atoms with Crippen molar-refractivity contribution >= 4 is 22.9 Å². The van der Waals surface area contributed by atoms with Crippen LogP contribution in [-0.2, 0) is 4.74 Å². The molecule has 5 N–H and O–H groups in total. The highest BCUT2D eigenvalue weighted by atomic mass is 16.6. The number of nitrogens with two attached hydrogens (primary N) is 1. The molecule has 1 saturated carbocycles. The Hall–Kier alpha value is -2.01. The van der Waals surface area contributed by atoms with Crippen molar-refractivity contribution in [1.29, 1.82) is 0 Å². The summed E-state index contributed by atoms with van der Waals surface area (Å²) in [6.07, 6.45) is 1.56. The van der Waals surface area contributed by atoms with Gasteiger partial charge in [-0.25, -0.2) is 15.0 Å². The van der Waals surface area contributed by atoms with Crippen molar-refractivity contribution < 1.29 is 20.1 Å². The fraction of sp³-hybridized carbons (Fsp3) is 0.706. The molecular weight excluding hydrogens is 352 g/mol. The maximum Gasteiger partial charge on any atom is 0.210 e. The van der Waals surface area contributed by atoms with Crippen molar-refractivity contribution in [3.8, 4) is 0 Å². The highest BCUT2D eigenvalue weighted by molar-refractivity contribution is 5.84. The van der Waals surface area contributed by atoms with Crippen LogP contribution in [0.5, 0.6) is 0 Å². The quantitative estimate of drug-likeness (QED) is 0.555. The highest BCUT2D eigenvalue weighted by Gasteiger charge is 2.45. The van der Waals surface area contributed by atoms with E-state index in [9.17, 15) is 15.3 Å². The molecule has 0 radical (unpaired) electrons. The molecule has 10 nitrogen and oxygen atoms in total. The Morgan fingerprint density at radius 1 is 1.26 bits per heavy atom.